The average Bonchev–Trinajstić information content (AvgIpc) is 3.31. The average molecular weight is 664 g/mol. The Kier molecular flexibility index (Phi) is 12.2. The molecule has 0 radical (unpaired) electrons. The minimum Gasteiger partial charge on any atom is -0.378 e. The van der Waals surface area contributed by atoms with Gasteiger partial charge >= 0.3 is 0 Å². The second-order valence-electron chi connectivity index (χ2n) is 13.6. The lowest BCUT2D eigenvalue weighted by Crippen LogP contribution is -2.62. The first-order chi connectivity index (χ1) is 21.1. The molecule has 3 N–H and O–H groups in total. The maximum atomic E-state index is 15.1. The van der Waals surface area contributed by atoms with E-state index in [4.69, 9.17) is 20.9 Å². The van der Waals surface area contributed by atoms with Crippen LogP contribution in [0, 0.1) is 17.8 Å². The fourth-order valence-corrected chi connectivity index (χ4v) is 8.46. The molecule has 3 unspecified atom stereocenters. The molecule has 0 aromatic rings. The molecule has 252 valence electrons. The molecular formula is C30H51ClFN5O6S. The summed E-state index contributed by atoms with van der Waals surface area (Å²) in [5, 5.41) is 7.10. The lowest BCUT2D eigenvalue weighted by Gasteiger charge is -2.44. The molecule has 0 aromatic carbocycles. The normalized spacial score (nSPS) is 33.7. The van der Waals surface area contributed by atoms with Gasteiger partial charge in [-0.05, 0) is 63.2 Å². The number of piperidine rings is 1. The highest BCUT2D eigenvalue weighted by Crippen LogP contribution is 2.37. The van der Waals surface area contributed by atoms with Crippen LogP contribution in [0.15, 0.2) is 0 Å². The minimum atomic E-state index is -4.01. The van der Waals surface area contributed by atoms with Gasteiger partial charge in [0.15, 0.2) is 0 Å². The summed E-state index contributed by atoms with van der Waals surface area (Å²) in [6, 6.07) is -0.00604. The van der Waals surface area contributed by atoms with Crippen molar-refractivity contribution in [3.63, 3.8) is 0 Å². The van der Waals surface area contributed by atoms with Crippen molar-refractivity contribution in [1.82, 2.24) is 25.3 Å². The van der Waals surface area contributed by atoms with E-state index in [1.807, 2.05) is 4.90 Å². The Bertz CT molecular complexity index is 1070. The summed E-state index contributed by atoms with van der Waals surface area (Å²) in [6.07, 6.45) is 6.46. The molecule has 0 aromatic heterocycles. The fourth-order valence-electron chi connectivity index (χ4n) is 7.71. The van der Waals surface area contributed by atoms with Crippen LogP contribution in [0.1, 0.15) is 70.6 Å². The maximum Gasteiger partial charge on any atom is 0.264 e. The van der Waals surface area contributed by atoms with E-state index in [9.17, 15) is 18.0 Å². The van der Waals surface area contributed by atoms with Crippen LogP contribution in [0.25, 0.3) is 0 Å². The van der Waals surface area contributed by atoms with Crippen molar-refractivity contribution in [3.8, 4) is 0 Å². The highest BCUT2D eigenvalue weighted by Gasteiger charge is 2.49. The van der Waals surface area contributed by atoms with Gasteiger partial charge < -0.3 is 14.5 Å². The van der Waals surface area contributed by atoms with Crippen molar-refractivity contribution in [3.05, 3.63) is 0 Å². The van der Waals surface area contributed by atoms with Crippen molar-refractivity contribution in [1.29, 1.82) is 0 Å². The molecule has 5 rings (SSSR count). The number of alkyl halides is 2. The molecule has 4 heterocycles. The predicted octanol–water partition coefficient (Wildman–Crippen LogP) is 2.20. The topological polar surface area (TPSA) is 132 Å². The van der Waals surface area contributed by atoms with E-state index < -0.39 is 16.3 Å². The van der Waals surface area contributed by atoms with Gasteiger partial charge in [-0.15, -0.1) is 11.6 Å². The number of halogens is 2. The van der Waals surface area contributed by atoms with Gasteiger partial charge in [0.05, 0.1) is 23.3 Å². The first kappa shape index (κ1) is 34.3. The molecule has 11 nitrogen and oxygen atoms in total. The number of ether oxygens (including phenoxy) is 1. The van der Waals surface area contributed by atoms with E-state index >= 15 is 4.39 Å². The predicted molar refractivity (Wildman–Crippen MR) is 165 cm³/mol. The Hall–Kier alpha value is -1.09. The lowest BCUT2D eigenvalue weighted by atomic mass is 9.82. The van der Waals surface area contributed by atoms with E-state index in [1.54, 1.807) is 4.90 Å². The largest absolute Gasteiger partial charge is 0.378 e. The van der Waals surface area contributed by atoms with E-state index in [1.165, 1.54) is 12.8 Å². The van der Waals surface area contributed by atoms with Gasteiger partial charge in [0.25, 0.3) is 10.1 Å². The number of likely N-dealkylation sites (tertiary alicyclic amines) is 3. The van der Waals surface area contributed by atoms with Gasteiger partial charge in [-0.25, -0.2) is 4.39 Å². The maximum absolute atomic E-state index is 15.1. The van der Waals surface area contributed by atoms with Gasteiger partial charge in [-0.3, -0.25) is 29.7 Å². The number of rotatable bonds is 13. The lowest BCUT2D eigenvalue weighted by molar-refractivity contribution is -0.144. The van der Waals surface area contributed by atoms with Gasteiger partial charge in [0, 0.05) is 77.6 Å². The zero-order chi connectivity index (χ0) is 31.3. The number of nitrogens with zero attached hydrogens (tertiary/aromatic N) is 3. The van der Waals surface area contributed by atoms with Crippen LogP contribution >= 0.6 is 11.6 Å². The van der Waals surface area contributed by atoms with Crippen LogP contribution in [0.3, 0.4) is 0 Å². The molecule has 44 heavy (non-hydrogen) atoms. The van der Waals surface area contributed by atoms with Crippen LogP contribution in [-0.4, -0.2) is 128 Å². The van der Waals surface area contributed by atoms with Gasteiger partial charge in [-0.2, -0.15) is 8.42 Å². The third-order valence-electron chi connectivity index (χ3n) is 10.4. The second kappa shape index (κ2) is 15.7. The van der Waals surface area contributed by atoms with Crippen LogP contribution < -0.4 is 10.6 Å². The number of carbonyl (C=O) groups excluding carboxylic acids is 2. The zero-order valence-corrected chi connectivity index (χ0v) is 27.3. The van der Waals surface area contributed by atoms with Crippen LogP contribution in [0.2, 0.25) is 0 Å². The third-order valence-corrected chi connectivity index (χ3v) is 11.6. The Labute approximate surface area is 266 Å². The Balaban J connectivity index is 0.921. The zero-order valence-electron chi connectivity index (χ0n) is 25.8. The van der Waals surface area contributed by atoms with Crippen molar-refractivity contribution in [2.24, 2.45) is 17.8 Å². The van der Waals surface area contributed by atoms with Crippen LogP contribution in [-0.2, 0) is 24.4 Å². The minimum absolute atomic E-state index is 0.00604. The SMILES string of the molecule is O=C(CCCCS(=O)(=O)O)N1C[C@H]2CN(C(=O)CC3CCC(OCCCC4CCN(C5NCC(Cl)CN5)CC4)CC3F)[C@H]2C1. The first-order valence-corrected chi connectivity index (χ1v) is 18.7. The monoisotopic (exact) mass is 663 g/mol. The summed E-state index contributed by atoms with van der Waals surface area (Å²) in [5.74, 6) is 0.264. The number of fused-ring (bicyclic) bond motifs is 1. The molecular weight excluding hydrogens is 613 g/mol. The van der Waals surface area contributed by atoms with E-state index in [0.29, 0.717) is 51.4 Å². The standard InChI is InChI=1S/C30H51ClFN5O6S/c31-24-16-33-30(34-17-24)35-10-8-21(9-11-35)4-3-12-43-25-7-6-22(26(32)15-25)14-29(39)37-19-23-18-36(20-27(23)37)28(38)5-1-2-13-44(40,41)42/h21-27,30,33-34H,1-20H2,(H,40,41,42)/t22?,23-,24?,25?,26?,27-,30?/m0/s1. The molecule has 1 aliphatic carbocycles. The van der Waals surface area contributed by atoms with Crippen LogP contribution in [0.5, 0.6) is 0 Å². The molecule has 5 aliphatic rings. The number of carbonyl (C=O) groups is 2. The summed E-state index contributed by atoms with van der Waals surface area (Å²) in [7, 11) is -4.01. The quantitative estimate of drug-likeness (QED) is 0.154. The summed E-state index contributed by atoms with van der Waals surface area (Å²) in [4.78, 5) is 31.6. The fraction of sp³-hybridized carbons (Fsp3) is 0.933. The third kappa shape index (κ3) is 9.48. The smallest absolute Gasteiger partial charge is 0.264 e. The Morgan fingerprint density at radius 2 is 1.73 bits per heavy atom. The van der Waals surface area contributed by atoms with Gasteiger partial charge in [0.1, 0.15) is 12.5 Å². The summed E-state index contributed by atoms with van der Waals surface area (Å²) in [5.41, 5.74) is 0. The van der Waals surface area contributed by atoms with E-state index in [2.05, 4.69) is 15.5 Å². The number of hydrogen-bond donors (Lipinski definition) is 3. The summed E-state index contributed by atoms with van der Waals surface area (Å²) in [6.45, 7) is 6.18. The molecule has 0 bridgehead atoms. The number of amides is 2. The van der Waals surface area contributed by atoms with Crippen molar-refractivity contribution in [2.45, 2.75) is 101 Å². The van der Waals surface area contributed by atoms with E-state index in [-0.39, 0.29) is 72.5 Å². The second-order valence-corrected chi connectivity index (χ2v) is 15.8. The van der Waals surface area contributed by atoms with Crippen molar-refractivity contribution < 1.29 is 31.7 Å². The molecule has 4 saturated heterocycles. The number of unbranched alkanes of at least 4 members (excludes halogenated alkanes) is 1. The molecule has 5 atom stereocenters. The van der Waals surface area contributed by atoms with Gasteiger partial charge in [0.2, 0.25) is 11.8 Å². The Morgan fingerprint density at radius 3 is 2.43 bits per heavy atom. The van der Waals surface area contributed by atoms with E-state index in [0.717, 1.165) is 45.4 Å². The number of hydrogen-bond acceptors (Lipinski definition) is 8. The van der Waals surface area contributed by atoms with Gasteiger partial charge in [-0.1, -0.05) is 0 Å². The molecule has 4 aliphatic heterocycles. The van der Waals surface area contributed by atoms with Crippen molar-refractivity contribution >= 4 is 33.5 Å². The molecule has 14 heteroatoms. The first-order valence-electron chi connectivity index (χ1n) is 16.7. The summed E-state index contributed by atoms with van der Waals surface area (Å²) >= 11 is 6.16. The Morgan fingerprint density at radius 1 is 0.977 bits per heavy atom. The highest BCUT2D eigenvalue weighted by molar-refractivity contribution is 7.85. The molecule has 1 saturated carbocycles. The molecule has 5 fully saturated rings. The van der Waals surface area contributed by atoms with Crippen molar-refractivity contribution in [2.75, 3.05) is 58.2 Å². The highest BCUT2D eigenvalue weighted by atomic mass is 35.5. The molecule has 2 amide bonds. The number of nitrogens with one attached hydrogen (secondary N) is 2. The summed E-state index contributed by atoms with van der Waals surface area (Å²) < 4.78 is 51.7. The molecule has 0 spiro atoms. The van der Waals surface area contributed by atoms with Crippen LogP contribution in [0.4, 0.5) is 4.39 Å².